The molecular formula is C7H10Cl2F2N2O. The van der Waals surface area contributed by atoms with Crippen molar-refractivity contribution in [2.24, 2.45) is 5.73 Å². The Hall–Kier alpha value is -0.490. The molecule has 3 N–H and O–H groups in total. The standard InChI is InChI=1S/C7H8F2N2O.2ClH/c8-4-1-5(9)7(11-2-4)6(10)3-12;;/h1-2,6,12H,3,10H2;2*1H/t6-;;/m0../s1. The van der Waals surface area contributed by atoms with E-state index >= 15 is 0 Å². The Morgan fingerprint density at radius 3 is 2.43 bits per heavy atom. The lowest BCUT2D eigenvalue weighted by Crippen LogP contribution is -2.17. The molecule has 0 aliphatic heterocycles. The maximum atomic E-state index is 12.8. The Morgan fingerprint density at radius 2 is 2.00 bits per heavy atom. The van der Waals surface area contributed by atoms with Crippen molar-refractivity contribution in [3.63, 3.8) is 0 Å². The van der Waals surface area contributed by atoms with Gasteiger partial charge in [-0.2, -0.15) is 0 Å². The van der Waals surface area contributed by atoms with E-state index in [0.29, 0.717) is 6.07 Å². The highest BCUT2D eigenvalue weighted by molar-refractivity contribution is 5.85. The summed E-state index contributed by atoms with van der Waals surface area (Å²) in [4.78, 5) is 3.41. The van der Waals surface area contributed by atoms with E-state index in [4.69, 9.17) is 10.8 Å². The van der Waals surface area contributed by atoms with E-state index in [1.165, 1.54) is 0 Å². The maximum absolute atomic E-state index is 12.8. The molecule has 0 aliphatic carbocycles. The van der Waals surface area contributed by atoms with Crippen LogP contribution >= 0.6 is 24.8 Å². The molecule has 7 heteroatoms. The van der Waals surface area contributed by atoms with Gasteiger partial charge in [0, 0.05) is 6.07 Å². The van der Waals surface area contributed by atoms with Crippen LogP contribution in [0.15, 0.2) is 12.3 Å². The average Bonchev–Trinajstić information content (AvgIpc) is 2.03. The number of aromatic nitrogens is 1. The van der Waals surface area contributed by atoms with Crippen LogP contribution in [0.25, 0.3) is 0 Å². The van der Waals surface area contributed by atoms with Gasteiger partial charge >= 0.3 is 0 Å². The van der Waals surface area contributed by atoms with Gasteiger partial charge in [-0.3, -0.25) is 4.98 Å². The number of hydrogen-bond donors (Lipinski definition) is 2. The van der Waals surface area contributed by atoms with Gasteiger partial charge < -0.3 is 10.8 Å². The van der Waals surface area contributed by atoms with E-state index in [0.717, 1.165) is 6.20 Å². The molecule has 1 aromatic heterocycles. The number of nitrogens with zero attached hydrogens (tertiary/aromatic N) is 1. The third-order valence-electron chi connectivity index (χ3n) is 1.38. The second-order valence-corrected chi connectivity index (χ2v) is 2.31. The van der Waals surface area contributed by atoms with Crippen LogP contribution in [0, 0.1) is 11.6 Å². The van der Waals surface area contributed by atoms with Crippen LogP contribution in [0.1, 0.15) is 11.7 Å². The molecule has 3 nitrogen and oxygen atoms in total. The Kier molecular flexibility index (Phi) is 7.85. The van der Waals surface area contributed by atoms with E-state index in [-0.39, 0.29) is 30.5 Å². The van der Waals surface area contributed by atoms with Crippen LogP contribution in [-0.4, -0.2) is 16.7 Å². The number of rotatable bonds is 2. The second-order valence-electron chi connectivity index (χ2n) is 2.31. The molecule has 0 fully saturated rings. The van der Waals surface area contributed by atoms with Gasteiger partial charge in [-0.25, -0.2) is 8.78 Å². The minimum atomic E-state index is -0.898. The molecule has 82 valence electrons. The number of nitrogens with two attached hydrogens (primary N) is 1. The first-order valence-electron chi connectivity index (χ1n) is 3.32. The fourth-order valence-electron chi connectivity index (χ4n) is 0.784. The molecule has 0 saturated heterocycles. The minimum absolute atomic E-state index is 0. The molecule has 1 atom stereocenters. The summed E-state index contributed by atoms with van der Waals surface area (Å²) in [5, 5.41) is 8.56. The van der Waals surface area contributed by atoms with Crippen LogP contribution in [0.4, 0.5) is 8.78 Å². The molecule has 1 aromatic rings. The molecule has 0 amide bonds. The van der Waals surface area contributed by atoms with Crippen LogP contribution in [0.5, 0.6) is 0 Å². The molecule has 14 heavy (non-hydrogen) atoms. The van der Waals surface area contributed by atoms with E-state index in [1.54, 1.807) is 0 Å². The number of halogens is 4. The molecule has 0 aromatic carbocycles. The lowest BCUT2D eigenvalue weighted by atomic mass is 10.2. The summed E-state index contributed by atoms with van der Waals surface area (Å²) in [5.74, 6) is -1.60. The number of aliphatic hydroxyl groups excluding tert-OH is 1. The maximum Gasteiger partial charge on any atom is 0.149 e. The summed E-state index contributed by atoms with van der Waals surface area (Å²) in [6.45, 7) is -0.421. The summed E-state index contributed by atoms with van der Waals surface area (Å²) in [7, 11) is 0. The van der Waals surface area contributed by atoms with Gasteiger partial charge in [-0.15, -0.1) is 24.8 Å². The number of pyridine rings is 1. The molecule has 0 saturated carbocycles. The lowest BCUT2D eigenvalue weighted by Gasteiger charge is -2.07. The van der Waals surface area contributed by atoms with Gasteiger partial charge in [-0.1, -0.05) is 0 Å². The van der Waals surface area contributed by atoms with E-state index in [9.17, 15) is 8.78 Å². The fraction of sp³-hybridized carbons (Fsp3) is 0.286. The molecule has 0 bridgehead atoms. The first kappa shape index (κ1) is 16.0. The third kappa shape index (κ3) is 3.71. The first-order chi connectivity index (χ1) is 5.65. The van der Waals surface area contributed by atoms with Crippen LogP contribution < -0.4 is 5.73 Å². The number of hydrogen-bond acceptors (Lipinski definition) is 3. The zero-order valence-electron chi connectivity index (χ0n) is 6.98. The highest BCUT2D eigenvalue weighted by Crippen LogP contribution is 2.11. The van der Waals surface area contributed by atoms with Crippen molar-refractivity contribution in [1.29, 1.82) is 0 Å². The van der Waals surface area contributed by atoms with Crippen molar-refractivity contribution in [3.05, 3.63) is 29.6 Å². The van der Waals surface area contributed by atoms with Crippen LogP contribution in [-0.2, 0) is 0 Å². The lowest BCUT2D eigenvalue weighted by molar-refractivity contribution is 0.262. The van der Waals surface area contributed by atoms with E-state index in [2.05, 4.69) is 4.98 Å². The molecule has 1 rings (SSSR count). The highest BCUT2D eigenvalue weighted by Gasteiger charge is 2.12. The SMILES string of the molecule is Cl.Cl.N[C@@H](CO)c1ncc(F)cc1F. The van der Waals surface area contributed by atoms with Gasteiger partial charge in [-0.05, 0) is 0 Å². The molecule has 0 unspecified atom stereocenters. The molecule has 0 aliphatic rings. The predicted molar refractivity (Wildman–Crippen MR) is 52.7 cm³/mol. The quantitative estimate of drug-likeness (QED) is 0.825. The molecule has 0 radical (unpaired) electrons. The topological polar surface area (TPSA) is 59.1 Å². The first-order valence-corrected chi connectivity index (χ1v) is 3.32. The monoisotopic (exact) mass is 246 g/mol. The minimum Gasteiger partial charge on any atom is -0.394 e. The highest BCUT2D eigenvalue weighted by atomic mass is 35.5. The molecule has 0 spiro atoms. The second kappa shape index (κ2) is 6.89. The molecule has 1 heterocycles. The van der Waals surface area contributed by atoms with Gasteiger partial charge in [0.25, 0.3) is 0 Å². The smallest absolute Gasteiger partial charge is 0.149 e. The van der Waals surface area contributed by atoms with Crippen molar-refractivity contribution in [1.82, 2.24) is 4.98 Å². The Morgan fingerprint density at radius 1 is 1.43 bits per heavy atom. The van der Waals surface area contributed by atoms with Gasteiger partial charge in [0.05, 0.1) is 24.5 Å². The Bertz CT molecular complexity index is 288. The van der Waals surface area contributed by atoms with Crippen LogP contribution in [0.2, 0.25) is 0 Å². The Labute approximate surface area is 92.2 Å². The third-order valence-corrected chi connectivity index (χ3v) is 1.38. The van der Waals surface area contributed by atoms with Gasteiger partial charge in [0.2, 0.25) is 0 Å². The Balaban J connectivity index is 0. The summed E-state index contributed by atoms with van der Waals surface area (Å²) >= 11 is 0. The number of aliphatic hydroxyl groups is 1. The van der Waals surface area contributed by atoms with Crippen molar-refractivity contribution >= 4 is 24.8 Å². The van der Waals surface area contributed by atoms with Crippen molar-refractivity contribution in [2.75, 3.05) is 6.61 Å². The summed E-state index contributed by atoms with van der Waals surface area (Å²) in [6.07, 6.45) is 0.855. The summed E-state index contributed by atoms with van der Waals surface area (Å²) in [5.41, 5.74) is 5.14. The zero-order valence-corrected chi connectivity index (χ0v) is 8.62. The van der Waals surface area contributed by atoms with Crippen molar-refractivity contribution in [3.8, 4) is 0 Å². The largest absolute Gasteiger partial charge is 0.394 e. The summed E-state index contributed by atoms with van der Waals surface area (Å²) in [6, 6.07) is -0.219. The zero-order chi connectivity index (χ0) is 9.14. The predicted octanol–water partition coefficient (Wildman–Crippen LogP) is 1.20. The van der Waals surface area contributed by atoms with Crippen molar-refractivity contribution in [2.45, 2.75) is 6.04 Å². The van der Waals surface area contributed by atoms with E-state index < -0.39 is 24.3 Å². The average molecular weight is 247 g/mol. The van der Waals surface area contributed by atoms with E-state index in [1.807, 2.05) is 0 Å². The fourth-order valence-corrected chi connectivity index (χ4v) is 0.784. The van der Waals surface area contributed by atoms with Gasteiger partial charge in [0.1, 0.15) is 11.6 Å². The van der Waals surface area contributed by atoms with Crippen molar-refractivity contribution < 1.29 is 13.9 Å². The van der Waals surface area contributed by atoms with Crippen LogP contribution in [0.3, 0.4) is 0 Å². The normalized spacial score (nSPS) is 11.1. The summed E-state index contributed by atoms with van der Waals surface area (Å²) < 4.78 is 25.1. The van der Waals surface area contributed by atoms with Gasteiger partial charge in [0.15, 0.2) is 0 Å². The molecular weight excluding hydrogens is 237 g/mol.